The first-order chi connectivity index (χ1) is 12.6. The quantitative estimate of drug-likeness (QED) is 0.572. The van der Waals surface area contributed by atoms with Gasteiger partial charge in [-0.05, 0) is 62.1 Å². The van der Waals surface area contributed by atoms with Gasteiger partial charge in [0.2, 0.25) is 0 Å². The van der Waals surface area contributed by atoms with Gasteiger partial charge in [0.05, 0.1) is 20.4 Å². The van der Waals surface area contributed by atoms with Crippen LogP contribution in [0.5, 0.6) is 11.5 Å². The molecule has 0 radical (unpaired) electrons. The summed E-state index contributed by atoms with van der Waals surface area (Å²) in [4.78, 5) is 17.2. The summed E-state index contributed by atoms with van der Waals surface area (Å²) in [6.45, 7) is 2.03. The Kier molecular flexibility index (Phi) is 6.01. The molecule has 4 unspecified atom stereocenters. The number of hydrogen-bond acceptors (Lipinski definition) is 5. The summed E-state index contributed by atoms with van der Waals surface area (Å²) >= 11 is 0. The van der Waals surface area contributed by atoms with Crippen LogP contribution in [0, 0.1) is 17.8 Å². The van der Waals surface area contributed by atoms with Crippen LogP contribution in [0.3, 0.4) is 0 Å². The Hall–Kier alpha value is -2.24. The van der Waals surface area contributed by atoms with E-state index in [9.17, 15) is 4.79 Å². The molecule has 2 saturated carbocycles. The third kappa shape index (κ3) is 4.29. The first kappa shape index (κ1) is 18.5. The predicted octanol–water partition coefficient (Wildman–Crippen LogP) is 3.00. The molecule has 3 rings (SSSR count). The van der Waals surface area contributed by atoms with Crippen molar-refractivity contribution in [3.8, 4) is 11.5 Å². The molecule has 0 saturated heterocycles. The van der Waals surface area contributed by atoms with E-state index in [0.717, 1.165) is 17.4 Å². The number of carbonyl (C=O) groups is 1. The highest BCUT2D eigenvalue weighted by molar-refractivity contribution is 5.81. The number of methoxy groups -OCH3 is 2. The molecule has 2 fully saturated rings. The van der Waals surface area contributed by atoms with E-state index < -0.39 is 0 Å². The number of carbonyl (C=O) groups excluding carboxylic acids is 1. The Morgan fingerprint density at radius 1 is 1.27 bits per heavy atom. The first-order valence-electron chi connectivity index (χ1n) is 9.27. The van der Waals surface area contributed by atoms with Gasteiger partial charge in [-0.3, -0.25) is 4.79 Å². The molecule has 1 aromatic rings. The second-order valence-corrected chi connectivity index (χ2v) is 7.32. The number of hydrogen-bond donors (Lipinski definition) is 1. The number of benzene rings is 1. The molecule has 0 aliphatic heterocycles. The number of nitrogens with zero attached hydrogens (tertiary/aromatic N) is 1. The molecule has 0 aromatic heterocycles. The Morgan fingerprint density at radius 2 is 2.08 bits per heavy atom. The Morgan fingerprint density at radius 3 is 2.73 bits per heavy atom. The minimum absolute atomic E-state index is 0.0745. The van der Waals surface area contributed by atoms with Gasteiger partial charge in [0.25, 0.3) is 5.91 Å². The SMILES string of the molecule is COc1ccc(C=NOCC(=O)NC(C)C2CC3CCC2C3)cc1OC. The van der Waals surface area contributed by atoms with E-state index in [1.807, 2.05) is 6.07 Å². The first-order valence-corrected chi connectivity index (χ1v) is 9.27. The highest BCUT2D eigenvalue weighted by Gasteiger charge is 2.42. The van der Waals surface area contributed by atoms with Crippen LogP contribution in [-0.2, 0) is 9.63 Å². The zero-order valence-corrected chi connectivity index (χ0v) is 15.7. The molecular formula is C20H28N2O4. The fraction of sp³-hybridized carbons (Fsp3) is 0.600. The van der Waals surface area contributed by atoms with Crippen molar-refractivity contribution >= 4 is 12.1 Å². The molecule has 1 amide bonds. The number of fused-ring (bicyclic) bond motifs is 2. The highest BCUT2D eigenvalue weighted by atomic mass is 16.6. The Labute approximate surface area is 154 Å². The molecule has 142 valence electrons. The van der Waals surface area contributed by atoms with Gasteiger partial charge in [0, 0.05) is 11.6 Å². The summed E-state index contributed by atoms with van der Waals surface area (Å²) in [6, 6.07) is 5.63. The van der Waals surface area contributed by atoms with E-state index in [2.05, 4.69) is 17.4 Å². The predicted molar refractivity (Wildman–Crippen MR) is 99.6 cm³/mol. The van der Waals surface area contributed by atoms with E-state index in [1.165, 1.54) is 25.7 Å². The zero-order chi connectivity index (χ0) is 18.5. The topological polar surface area (TPSA) is 69.2 Å². The second-order valence-electron chi connectivity index (χ2n) is 7.32. The standard InChI is InChI=1S/C20H28N2O4/c1-13(17-9-14-4-6-16(17)8-14)22-20(23)12-26-21-11-15-5-7-18(24-2)19(10-15)25-3/h5,7,10-11,13-14,16-17H,4,6,8-9,12H2,1-3H3,(H,22,23). The lowest BCUT2D eigenvalue weighted by atomic mass is 9.84. The molecule has 4 atom stereocenters. The lowest BCUT2D eigenvalue weighted by Gasteiger charge is -2.28. The maximum absolute atomic E-state index is 12.1. The number of rotatable bonds is 8. The van der Waals surface area contributed by atoms with Gasteiger partial charge in [-0.25, -0.2) is 0 Å². The van der Waals surface area contributed by atoms with Crippen molar-refractivity contribution in [3.63, 3.8) is 0 Å². The van der Waals surface area contributed by atoms with Crippen molar-refractivity contribution in [2.45, 2.75) is 38.6 Å². The summed E-state index contributed by atoms with van der Waals surface area (Å²) in [5, 5.41) is 6.94. The minimum Gasteiger partial charge on any atom is -0.493 e. The van der Waals surface area contributed by atoms with Gasteiger partial charge < -0.3 is 19.6 Å². The number of oxime groups is 1. The van der Waals surface area contributed by atoms with E-state index in [0.29, 0.717) is 17.4 Å². The van der Waals surface area contributed by atoms with E-state index in [-0.39, 0.29) is 18.6 Å². The molecule has 2 aliphatic carbocycles. The van der Waals surface area contributed by atoms with Gasteiger partial charge in [-0.15, -0.1) is 0 Å². The molecule has 0 heterocycles. The van der Waals surface area contributed by atoms with Crippen LogP contribution in [0.2, 0.25) is 0 Å². The fourth-order valence-corrected chi connectivity index (χ4v) is 4.44. The van der Waals surface area contributed by atoms with Crippen LogP contribution in [0.4, 0.5) is 0 Å². The maximum atomic E-state index is 12.1. The monoisotopic (exact) mass is 360 g/mol. The van der Waals surface area contributed by atoms with Crippen LogP contribution in [0.1, 0.15) is 38.2 Å². The third-order valence-electron chi connectivity index (χ3n) is 5.70. The molecular weight excluding hydrogens is 332 g/mol. The molecule has 26 heavy (non-hydrogen) atoms. The summed E-state index contributed by atoms with van der Waals surface area (Å²) in [7, 11) is 3.17. The molecule has 0 spiro atoms. The normalized spacial score (nSPS) is 25.3. The summed E-state index contributed by atoms with van der Waals surface area (Å²) < 4.78 is 10.4. The van der Waals surface area contributed by atoms with Gasteiger partial charge in [0.1, 0.15) is 0 Å². The third-order valence-corrected chi connectivity index (χ3v) is 5.70. The van der Waals surface area contributed by atoms with Gasteiger partial charge in [-0.1, -0.05) is 11.6 Å². The summed E-state index contributed by atoms with van der Waals surface area (Å²) in [6.07, 6.45) is 6.84. The van der Waals surface area contributed by atoms with Gasteiger partial charge >= 0.3 is 0 Å². The molecule has 6 nitrogen and oxygen atoms in total. The number of nitrogens with one attached hydrogen (secondary N) is 1. The average molecular weight is 360 g/mol. The van der Waals surface area contributed by atoms with Crippen molar-refractivity contribution in [1.29, 1.82) is 0 Å². The summed E-state index contributed by atoms with van der Waals surface area (Å²) in [5.41, 5.74) is 0.804. The highest BCUT2D eigenvalue weighted by Crippen LogP contribution is 2.49. The summed E-state index contributed by atoms with van der Waals surface area (Å²) in [5.74, 6) is 3.44. The number of ether oxygens (including phenoxy) is 2. The zero-order valence-electron chi connectivity index (χ0n) is 15.7. The van der Waals surface area contributed by atoms with Crippen molar-refractivity contribution in [3.05, 3.63) is 23.8 Å². The van der Waals surface area contributed by atoms with Crippen LogP contribution in [0.25, 0.3) is 0 Å². The molecule has 1 N–H and O–H groups in total. The lowest BCUT2D eigenvalue weighted by molar-refractivity contribution is -0.126. The van der Waals surface area contributed by atoms with Crippen LogP contribution < -0.4 is 14.8 Å². The van der Waals surface area contributed by atoms with Crippen LogP contribution in [0.15, 0.2) is 23.4 Å². The van der Waals surface area contributed by atoms with Crippen LogP contribution >= 0.6 is 0 Å². The minimum atomic E-state index is -0.121. The molecule has 2 bridgehead atoms. The van der Waals surface area contributed by atoms with Crippen molar-refractivity contribution in [1.82, 2.24) is 5.32 Å². The van der Waals surface area contributed by atoms with E-state index in [1.54, 1.807) is 32.6 Å². The fourth-order valence-electron chi connectivity index (χ4n) is 4.44. The molecule has 6 heteroatoms. The largest absolute Gasteiger partial charge is 0.493 e. The molecule has 2 aliphatic rings. The van der Waals surface area contributed by atoms with Crippen molar-refractivity contribution in [2.75, 3.05) is 20.8 Å². The lowest BCUT2D eigenvalue weighted by Crippen LogP contribution is -2.41. The number of amides is 1. The Bertz CT molecular complexity index is 661. The smallest absolute Gasteiger partial charge is 0.260 e. The van der Waals surface area contributed by atoms with E-state index in [4.69, 9.17) is 14.3 Å². The van der Waals surface area contributed by atoms with Gasteiger partial charge in [-0.2, -0.15) is 0 Å². The van der Waals surface area contributed by atoms with E-state index >= 15 is 0 Å². The van der Waals surface area contributed by atoms with Crippen LogP contribution in [-0.4, -0.2) is 39.0 Å². The van der Waals surface area contributed by atoms with Gasteiger partial charge in [0.15, 0.2) is 18.1 Å². The Balaban J connectivity index is 1.42. The van der Waals surface area contributed by atoms with Crippen molar-refractivity contribution in [2.24, 2.45) is 22.9 Å². The maximum Gasteiger partial charge on any atom is 0.260 e. The van der Waals surface area contributed by atoms with Crippen molar-refractivity contribution < 1.29 is 19.1 Å². The average Bonchev–Trinajstić information content (AvgIpc) is 3.28. The second kappa shape index (κ2) is 8.43. The molecule has 1 aromatic carbocycles.